The van der Waals surface area contributed by atoms with Gasteiger partial charge in [-0.25, -0.2) is 14.2 Å². The Morgan fingerprint density at radius 3 is 2.51 bits per heavy atom. The number of rotatable bonds is 6. The molecule has 41 heavy (non-hydrogen) atoms. The fraction of sp³-hybridized carbons (Fsp3) is 0.214. The van der Waals surface area contributed by atoms with Gasteiger partial charge in [-0.2, -0.15) is 0 Å². The van der Waals surface area contributed by atoms with Crippen molar-refractivity contribution in [2.75, 3.05) is 22.5 Å². The average molecular weight is 622 g/mol. The van der Waals surface area contributed by atoms with Gasteiger partial charge in [0.2, 0.25) is 5.91 Å². The minimum atomic E-state index is -0.748. The molecule has 2 aromatic carbocycles. The fourth-order valence-corrected chi connectivity index (χ4v) is 4.88. The van der Waals surface area contributed by atoms with Crippen LogP contribution in [0.4, 0.5) is 26.4 Å². The summed E-state index contributed by atoms with van der Waals surface area (Å²) >= 11 is 6.38. The second-order valence-corrected chi connectivity index (χ2v) is 9.54. The van der Waals surface area contributed by atoms with Crippen LogP contribution in [0.1, 0.15) is 19.8 Å². The van der Waals surface area contributed by atoms with Crippen molar-refractivity contribution in [3.63, 3.8) is 0 Å². The molecule has 216 valence electrons. The summed E-state index contributed by atoms with van der Waals surface area (Å²) in [4.78, 5) is 42.9. The monoisotopic (exact) mass is 620 g/mol. The summed E-state index contributed by atoms with van der Waals surface area (Å²) in [6.07, 6.45) is 3.25. The number of anilines is 3. The number of carbonyl (C=O) groups excluding carboxylic acids is 2. The zero-order valence-electron chi connectivity index (χ0n) is 21.9. The molecule has 0 aliphatic carbocycles. The number of amides is 3. The Bertz CT molecular complexity index is 1630. The van der Waals surface area contributed by atoms with E-state index in [2.05, 4.69) is 26.3 Å². The number of carbonyl (C=O) groups is 2. The van der Waals surface area contributed by atoms with Crippen LogP contribution >= 0.6 is 36.4 Å². The van der Waals surface area contributed by atoms with E-state index < -0.39 is 11.8 Å². The van der Waals surface area contributed by atoms with Gasteiger partial charge in [0.15, 0.2) is 0 Å². The number of nitrogens with zero attached hydrogens (tertiary/aromatic N) is 2. The molecule has 4 aromatic rings. The van der Waals surface area contributed by atoms with Gasteiger partial charge >= 0.3 is 6.03 Å². The van der Waals surface area contributed by atoms with Crippen LogP contribution in [0.15, 0.2) is 65.6 Å². The molecule has 0 spiro atoms. The highest BCUT2D eigenvalue weighted by Gasteiger charge is 2.23. The van der Waals surface area contributed by atoms with Crippen molar-refractivity contribution < 1.29 is 14.0 Å². The lowest BCUT2D eigenvalue weighted by Crippen LogP contribution is -2.35. The van der Waals surface area contributed by atoms with Gasteiger partial charge in [-0.15, -0.1) is 24.8 Å². The van der Waals surface area contributed by atoms with E-state index in [0.29, 0.717) is 29.0 Å². The average Bonchev–Trinajstić information content (AvgIpc) is 3.46. The summed E-state index contributed by atoms with van der Waals surface area (Å²) in [6, 6.07) is 13.5. The molecular formula is C28H28Cl3FN6O3. The summed E-state index contributed by atoms with van der Waals surface area (Å²) in [5.74, 6) is -0.579. The molecule has 0 radical (unpaired) electrons. The Kier molecular flexibility index (Phi) is 10.7. The van der Waals surface area contributed by atoms with Crippen molar-refractivity contribution in [1.82, 2.24) is 14.9 Å². The van der Waals surface area contributed by atoms with Crippen molar-refractivity contribution in [3.8, 4) is 11.1 Å². The van der Waals surface area contributed by atoms with Crippen LogP contribution in [0.5, 0.6) is 0 Å². The summed E-state index contributed by atoms with van der Waals surface area (Å²) in [6.45, 7) is 2.94. The molecule has 1 saturated heterocycles. The van der Waals surface area contributed by atoms with Crippen LogP contribution in [0.2, 0.25) is 5.02 Å². The lowest BCUT2D eigenvalue weighted by molar-refractivity contribution is -0.117. The third kappa shape index (κ3) is 6.97. The van der Waals surface area contributed by atoms with Crippen LogP contribution in [-0.4, -0.2) is 34.1 Å². The topological polar surface area (TPSA) is 117 Å². The zero-order chi connectivity index (χ0) is 27.5. The molecule has 0 saturated carbocycles. The largest absolute Gasteiger partial charge is 0.323 e. The highest BCUT2D eigenvalue weighted by Crippen LogP contribution is 2.33. The maximum absolute atomic E-state index is 14.7. The normalized spacial score (nSPS) is 14.1. The molecule has 3 heterocycles. The molecule has 1 aliphatic rings. The number of hydrogen-bond acceptors (Lipinski definition) is 5. The number of urea groups is 1. The number of aromatic nitrogens is 2. The summed E-state index contributed by atoms with van der Waals surface area (Å²) < 4.78 is 16.3. The first-order valence-corrected chi connectivity index (χ1v) is 12.9. The molecule has 1 atom stereocenters. The summed E-state index contributed by atoms with van der Waals surface area (Å²) in [7, 11) is 0. The molecule has 2 aromatic heterocycles. The van der Waals surface area contributed by atoms with Gasteiger partial charge in [-0.05, 0) is 56.6 Å². The highest BCUT2D eigenvalue weighted by atomic mass is 35.5. The first-order valence-electron chi connectivity index (χ1n) is 12.5. The van der Waals surface area contributed by atoms with E-state index in [9.17, 15) is 18.8 Å². The Morgan fingerprint density at radius 1 is 1.07 bits per heavy atom. The first kappa shape index (κ1) is 31.8. The number of benzene rings is 2. The van der Waals surface area contributed by atoms with E-state index in [4.69, 9.17) is 11.6 Å². The SMILES string of the molecule is CCn1c(=O)c(-c2cc(NC(=O)Nc3ccccc3)c(F)cc2Cl)cc2cnc(NC(=O)[C@@H]3CCCN3)cc21.Cl.Cl. The fourth-order valence-electron chi connectivity index (χ4n) is 4.63. The van der Waals surface area contributed by atoms with Gasteiger partial charge in [0, 0.05) is 41.0 Å². The number of hydrogen-bond donors (Lipinski definition) is 4. The number of fused-ring (bicyclic) bond motifs is 1. The van der Waals surface area contributed by atoms with E-state index in [1.54, 1.807) is 48.7 Å². The smallest absolute Gasteiger partial charge is 0.309 e. The molecule has 0 unspecified atom stereocenters. The van der Waals surface area contributed by atoms with Crippen LogP contribution in [-0.2, 0) is 11.3 Å². The van der Waals surface area contributed by atoms with Crippen molar-refractivity contribution in [1.29, 1.82) is 0 Å². The van der Waals surface area contributed by atoms with E-state index >= 15 is 0 Å². The standard InChI is InChI=1S/C28H26ClFN6O3.2ClH/c1-2-36-24-14-25(35-26(37)22-9-6-10-31-22)32-15-16(24)11-19(27(36)38)18-12-23(21(30)13-20(18)29)34-28(39)33-17-7-4-3-5-8-17;;/h3-5,7-8,11-15,22,31H,2,6,9-10H2,1H3,(H,32,35,37)(H2,33,34,39);2*1H/t22-;;/m0../s1. The number of halogens is 4. The maximum atomic E-state index is 14.7. The van der Waals surface area contributed by atoms with Crippen LogP contribution in [0, 0.1) is 5.82 Å². The van der Waals surface area contributed by atoms with Gasteiger partial charge in [-0.1, -0.05) is 29.8 Å². The van der Waals surface area contributed by atoms with E-state index in [-0.39, 0.29) is 64.2 Å². The second-order valence-electron chi connectivity index (χ2n) is 9.13. The van der Waals surface area contributed by atoms with E-state index in [1.165, 1.54) is 10.6 Å². The van der Waals surface area contributed by atoms with Crippen LogP contribution in [0.25, 0.3) is 22.0 Å². The predicted molar refractivity (Wildman–Crippen MR) is 165 cm³/mol. The van der Waals surface area contributed by atoms with Crippen molar-refractivity contribution in [2.45, 2.75) is 32.4 Å². The molecule has 4 N–H and O–H groups in total. The van der Waals surface area contributed by atoms with E-state index in [0.717, 1.165) is 25.5 Å². The predicted octanol–water partition coefficient (Wildman–Crippen LogP) is 6.05. The van der Waals surface area contributed by atoms with Gasteiger partial charge < -0.3 is 25.8 Å². The quantitative estimate of drug-likeness (QED) is 0.209. The van der Waals surface area contributed by atoms with Gasteiger partial charge in [0.25, 0.3) is 5.56 Å². The first-order chi connectivity index (χ1) is 18.8. The van der Waals surface area contributed by atoms with Gasteiger partial charge in [0.1, 0.15) is 11.6 Å². The van der Waals surface area contributed by atoms with Crippen molar-refractivity contribution in [3.05, 3.63) is 82.0 Å². The molecule has 3 amide bonds. The van der Waals surface area contributed by atoms with Crippen LogP contribution < -0.4 is 26.8 Å². The Balaban J connectivity index is 0.00000231. The second kappa shape index (κ2) is 13.8. The molecule has 13 heteroatoms. The minimum Gasteiger partial charge on any atom is -0.309 e. The maximum Gasteiger partial charge on any atom is 0.323 e. The Hall–Kier alpha value is -3.70. The highest BCUT2D eigenvalue weighted by molar-refractivity contribution is 6.33. The third-order valence-electron chi connectivity index (χ3n) is 6.55. The van der Waals surface area contributed by atoms with Crippen molar-refractivity contribution in [2.24, 2.45) is 0 Å². The molecule has 1 fully saturated rings. The number of aryl methyl sites for hydroxylation is 1. The molecule has 1 aliphatic heterocycles. The Morgan fingerprint density at radius 2 is 1.83 bits per heavy atom. The molecule has 0 bridgehead atoms. The van der Waals surface area contributed by atoms with Gasteiger partial charge in [0.05, 0.1) is 22.3 Å². The van der Waals surface area contributed by atoms with Crippen LogP contribution in [0.3, 0.4) is 0 Å². The molecule has 5 rings (SSSR count). The van der Waals surface area contributed by atoms with E-state index in [1.807, 2.05) is 6.92 Å². The number of nitrogens with one attached hydrogen (secondary N) is 4. The summed E-state index contributed by atoms with van der Waals surface area (Å²) in [5.41, 5.74) is 1.09. The zero-order valence-corrected chi connectivity index (χ0v) is 24.3. The minimum absolute atomic E-state index is 0. The number of para-hydroxylation sites is 1. The van der Waals surface area contributed by atoms with Crippen molar-refractivity contribution >= 4 is 76.4 Å². The summed E-state index contributed by atoms with van der Waals surface area (Å²) in [5, 5.41) is 11.7. The molecular weight excluding hydrogens is 594 g/mol. The lowest BCUT2D eigenvalue weighted by atomic mass is 10.0. The third-order valence-corrected chi connectivity index (χ3v) is 6.86. The Labute approximate surface area is 252 Å². The number of pyridine rings is 2. The molecule has 9 nitrogen and oxygen atoms in total. The lowest BCUT2D eigenvalue weighted by Gasteiger charge is -2.15. The van der Waals surface area contributed by atoms with Gasteiger partial charge in [-0.3, -0.25) is 9.59 Å².